The molecule has 2 aromatic rings. The molecule has 2 rings (SSSR count). The minimum atomic E-state index is -0.696. The SMILES string of the molecule is CCOc1ccc(C(=O)[C@H](C)Oc2ccc(C#N)cc2Cl)cc1. The Balaban J connectivity index is 2.09. The third kappa shape index (κ3) is 4.24. The van der Waals surface area contributed by atoms with Gasteiger partial charge in [-0.15, -0.1) is 0 Å². The van der Waals surface area contributed by atoms with Crippen LogP contribution >= 0.6 is 11.6 Å². The number of nitriles is 1. The van der Waals surface area contributed by atoms with E-state index in [9.17, 15) is 4.79 Å². The Morgan fingerprint density at radius 3 is 2.52 bits per heavy atom. The molecule has 0 radical (unpaired) electrons. The van der Waals surface area contributed by atoms with E-state index in [-0.39, 0.29) is 5.78 Å². The number of halogens is 1. The zero-order valence-corrected chi connectivity index (χ0v) is 13.6. The van der Waals surface area contributed by atoms with Gasteiger partial charge in [-0.2, -0.15) is 5.26 Å². The molecule has 0 spiro atoms. The number of ketones is 1. The van der Waals surface area contributed by atoms with E-state index in [2.05, 4.69) is 0 Å². The van der Waals surface area contributed by atoms with Crippen LogP contribution in [-0.2, 0) is 0 Å². The molecule has 0 aliphatic rings. The van der Waals surface area contributed by atoms with Crippen molar-refractivity contribution in [1.29, 1.82) is 5.26 Å². The van der Waals surface area contributed by atoms with Crippen LogP contribution < -0.4 is 9.47 Å². The highest BCUT2D eigenvalue weighted by Crippen LogP contribution is 2.27. The van der Waals surface area contributed by atoms with Gasteiger partial charge in [0, 0.05) is 5.56 Å². The molecule has 4 nitrogen and oxygen atoms in total. The zero-order valence-electron chi connectivity index (χ0n) is 12.9. The maximum atomic E-state index is 12.4. The fourth-order valence-electron chi connectivity index (χ4n) is 2.03. The summed E-state index contributed by atoms with van der Waals surface area (Å²) in [5.41, 5.74) is 0.971. The third-order valence-electron chi connectivity index (χ3n) is 3.18. The maximum absolute atomic E-state index is 12.4. The molecule has 118 valence electrons. The lowest BCUT2D eigenvalue weighted by Crippen LogP contribution is -2.24. The topological polar surface area (TPSA) is 59.3 Å². The Morgan fingerprint density at radius 2 is 1.96 bits per heavy atom. The van der Waals surface area contributed by atoms with Crippen LogP contribution in [0.15, 0.2) is 42.5 Å². The first kappa shape index (κ1) is 16.9. The molecule has 2 aromatic carbocycles. The second-order valence-corrected chi connectivity index (χ2v) is 5.25. The summed E-state index contributed by atoms with van der Waals surface area (Å²) in [5.74, 6) is 0.929. The van der Waals surface area contributed by atoms with Crippen LogP contribution in [0.5, 0.6) is 11.5 Å². The van der Waals surface area contributed by atoms with Crippen molar-refractivity contribution < 1.29 is 14.3 Å². The number of nitrogens with zero attached hydrogens (tertiary/aromatic N) is 1. The lowest BCUT2D eigenvalue weighted by molar-refractivity contribution is 0.0818. The van der Waals surface area contributed by atoms with Gasteiger partial charge in [0.15, 0.2) is 6.10 Å². The van der Waals surface area contributed by atoms with Crippen molar-refractivity contribution in [2.24, 2.45) is 0 Å². The smallest absolute Gasteiger partial charge is 0.202 e. The van der Waals surface area contributed by atoms with Gasteiger partial charge in [-0.1, -0.05) is 11.6 Å². The van der Waals surface area contributed by atoms with Crippen LogP contribution in [0.2, 0.25) is 5.02 Å². The normalized spacial score (nSPS) is 11.4. The molecular weight excluding hydrogens is 314 g/mol. The maximum Gasteiger partial charge on any atom is 0.202 e. The first-order chi connectivity index (χ1) is 11.0. The minimum absolute atomic E-state index is 0.159. The standard InChI is InChI=1S/C18H16ClNO3/c1-3-22-15-7-5-14(6-8-15)18(21)12(2)23-17-9-4-13(11-20)10-16(17)19/h4-10,12H,3H2,1-2H3/t12-/m0/s1. The predicted octanol–water partition coefficient (Wildman–Crippen LogP) is 4.26. The van der Waals surface area contributed by atoms with Gasteiger partial charge in [-0.25, -0.2) is 0 Å². The van der Waals surface area contributed by atoms with Crippen LogP contribution in [0.3, 0.4) is 0 Å². The Kier molecular flexibility index (Phi) is 5.61. The molecule has 0 amide bonds. The number of carbonyl (C=O) groups excluding carboxylic acids is 1. The number of Topliss-reactive ketones (excluding diaryl/α,β-unsaturated/α-hetero) is 1. The van der Waals surface area contributed by atoms with Crippen LogP contribution in [-0.4, -0.2) is 18.5 Å². The van der Waals surface area contributed by atoms with Crippen molar-refractivity contribution in [2.45, 2.75) is 20.0 Å². The number of ether oxygens (including phenoxy) is 2. The summed E-state index contributed by atoms with van der Waals surface area (Å²) in [6.07, 6.45) is -0.696. The molecule has 1 atom stereocenters. The molecule has 23 heavy (non-hydrogen) atoms. The number of hydrogen-bond donors (Lipinski definition) is 0. The Bertz CT molecular complexity index is 735. The highest BCUT2D eigenvalue weighted by atomic mass is 35.5. The second-order valence-electron chi connectivity index (χ2n) is 4.84. The van der Waals surface area contributed by atoms with Crippen molar-refractivity contribution in [2.75, 3.05) is 6.61 Å². The van der Waals surface area contributed by atoms with Gasteiger partial charge in [-0.05, 0) is 56.3 Å². The van der Waals surface area contributed by atoms with Gasteiger partial charge in [0.2, 0.25) is 5.78 Å². The van der Waals surface area contributed by atoms with Crippen LogP contribution in [0.25, 0.3) is 0 Å². The zero-order chi connectivity index (χ0) is 16.8. The Labute approximate surface area is 140 Å². The van der Waals surface area contributed by atoms with Crippen LogP contribution in [0.1, 0.15) is 29.8 Å². The Hall–Kier alpha value is -2.51. The fraction of sp³-hybridized carbons (Fsp3) is 0.222. The Morgan fingerprint density at radius 1 is 1.26 bits per heavy atom. The lowest BCUT2D eigenvalue weighted by atomic mass is 10.1. The van der Waals surface area contributed by atoms with Gasteiger partial charge < -0.3 is 9.47 Å². The van der Waals surface area contributed by atoms with E-state index in [1.807, 2.05) is 13.0 Å². The second kappa shape index (κ2) is 7.66. The average Bonchev–Trinajstić information content (AvgIpc) is 2.57. The van der Waals surface area contributed by atoms with E-state index in [0.29, 0.717) is 34.3 Å². The van der Waals surface area contributed by atoms with E-state index in [1.54, 1.807) is 43.3 Å². The number of rotatable bonds is 6. The van der Waals surface area contributed by atoms with E-state index in [1.165, 1.54) is 6.07 Å². The first-order valence-corrected chi connectivity index (χ1v) is 7.56. The molecule has 0 saturated carbocycles. The molecule has 0 aliphatic carbocycles. The molecule has 0 heterocycles. The summed E-state index contributed by atoms with van der Waals surface area (Å²) in [7, 11) is 0. The van der Waals surface area contributed by atoms with Gasteiger partial charge in [0.25, 0.3) is 0 Å². The summed E-state index contributed by atoms with van der Waals surface area (Å²) >= 11 is 6.05. The molecule has 0 N–H and O–H groups in total. The van der Waals surface area contributed by atoms with Crippen molar-refractivity contribution in [3.8, 4) is 17.6 Å². The molecule has 5 heteroatoms. The molecule has 0 aromatic heterocycles. The summed E-state index contributed by atoms with van der Waals surface area (Å²) in [6, 6.07) is 13.6. The highest BCUT2D eigenvalue weighted by molar-refractivity contribution is 6.32. The van der Waals surface area contributed by atoms with Gasteiger partial charge in [0.05, 0.1) is 23.3 Å². The number of carbonyl (C=O) groups is 1. The molecular formula is C18H16ClNO3. The molecule has 0 fully saturated rings. The first-order valence-electron chi connectivity index (χ1n) is 7.18. The van der Waals surface area contributed by atoms with E-state index in [4.69, 9.17) is 26.3 Å². The summed E-state index contributed by atoms with van der Waals surface area (Å²) in [4.78, 5) is 12.4. The quantitative estimate of drug-likeness (QED) is 0.743. The molecule has 0 bridgehead atoms. The summed E-state index contributed by atoms with van der Waals surface area (Å²) in [5, 5.41) is 9.12. The average molecular weight is 330 g/mol. The lowest BCUT2D eigenvalue weighted by Gasteiger charge is -2.15. The number of hydrogen-bond acceptors (Lipinski definition) is 4. The van der Waals surface area contributed by atoms with Crippen molar-refractivity contribution >= 4 is 17.4 Å². The van der Waals surface area contributed by atoms with Gasteiger partial charge >= 0.3 is 0 Å². The van der Waals surface area contributed by atoms with Crippen LogP contribution in [0, 0.1) is 11.3 Å². The largest absolute Gasteiger partial charge is 0.494 e. The van der Waals surface area contributed by atoms with E-state index < -0.39 is 6.10 Å². The third-order valence-corrected chi connectivity index (χ3v) is 3.48. The molecule has 0 aliphatic heterocycles. The van der Waals surface area contributed by atoms with Crippen molar-refractivity contribution in [3.05, 3.63) is 58.6 Å². The van der Waals surface area contributed by atoms with Gasteiger partial charge in [0.1, 0.15) is 11.5 Å². The van der Waals surface area contributed by atoms with E-state index >= 15 is 0 Å². The van der Waals surface area contributed by atoms with Crippen LogP contribution in [0.4, 0.5) is 0 Å². The summed E-state index contributed by atoms with van der Waals surface area (Å²) in [6.45, 7) is 4.13. The van der Waals surface area contributed by atoms with Crippen molar-refractivity contribution in [1.82, 2.24) is 0 Å². The monoisotopic (exact) mass is 329 g/mol. The molecule has 0 saturated heterocycles. The van der Waals surface area contributed by atoms with E-state index in [0.717, 1.165) is 0 Å². The fourth-order valence-corrected chi connectivity index (χ4v) is 2.25. The predicted molar refractivity (Wildman–Crippen MR) is 88.2 cm³/mol. The number of benzene rings is 2. The summed E-state index contributed by atoms with van der Waals surface area (Å²) < 4.78 is 11.0. The minimum Gasteiger partial charge on any atom is -0.494 e. The van der Waals surface area contributed by atoms with Gasteiger partial charge in [-0.3, -0.25) is 4.79 Å². The van der Waals surface area contributed by atoms with Crippen molar-refractivity contribution in [3.63, 3.8) is 0 Å². The molecule has 0 unspecified atom stereocenters. The highest BCUT2D eigenvalue weighted by Gasteiger charge is 2.18.